The second kappa shape index (κ2) is 8.95. The van der Waals surface area contributed by atoms with E-state index in [1.54, 1.807) is 12.1 Å². The van der Waals surface area contributed by atoms with Crippen LogP contribution in [0.25, 0.3) is 11.1 Å². The van der Waals surface area contributed by atoms with E-state index in [2.05, 4.69) is 4.90 Å². The van der Waals surface area contributed by atoms with Crippen molar-refractivity contribution in [3.05, 3.63) is 59.9 Å². The molecule has 4 nitrogen and oxygen atoms in total. The number of ether oxygens (including phenoxy) is 1. The third-order valence-electron chi connectivity index (χ3n) is 6.20. The lowest BCUT2D eigenvalue weighted by molar-refractivity contribution is 0.00696. The maximum absolute atomic E-state index is 13.1. The SMILES string of the molecule is CC(c1ccc(-c2ccc(F)cc2)cc1)N1CCC(CCN2CCCC2)OC1=O. The molecule has 2 saturated heterocycles. The molecule has 2 aromatic carbocycles. The Hall–Kier alpha value is -2.40. The molecule has 0 bridgehead atoms. The fraction of sp³-hybridized carbons (Fsp3) is 0.458. The highest BCUT2D eigenvalue weighted by Crippen LogP contribution is 2.28. The third kappa shape index (κ3) is 4.78. The van der Waals surface area contributed by atoms with Crippen LogP contribution < -0.4 is 0 Å². The van der Waals surface area contributed by atoms with E-state index in [1.165, 1.54) is 38.1 Å². The quantitative estimate of drug-likeness (QED) is 0.668. The molecule has 5 heteroatoms. The van der Waals surface area contributed by atoms with Crippen LogP contribution >= 0.6 is 0 Å². The first kappa shape index (κ1) is 19.9. The highest BCUT2D eigenvalue weighted by atomic mass is 19.1. The molecule has 0 radical (unpaired) electrons. The summed E-state index contributed by atoms with van der Waals surface area (Å²) in [6, 6.07) is 14.6. The van der Waals surface area contributed by atoms with Gasteiger partial charge in [-0.3, -0.25) is 0 Å². The molecular weight excluding hydrogens is 367 g/mol. The van der Waals surface area contributed by atoms with Gasteiger partial charge in [0.05, 0.1) is 6.04 Å². The van der Waals surface area contributed by atoms with Gasteiger partial charge in [0.25, 0.3) is 0 Å². The largest absolute Gasteiger partial charge is 0.446 e. The Labute approximate surface area is 172 Å². The van der Waals surface area contributed by atoms with Gasteiger partial charge in [0.1, 0.15) is 11.9 Å². The maximum atomic E-state index is 13.1. The highest BCUT2D eigenvalue weighted by molar-refractivity contribution is 5.69. The summed E-state index contributed by atoms with van der Waals surface area (Å²) in [6.45, 7) is 6.15. The van der Waals surface area contributed by atoms with Crippen LogP contribution in [-0.4, -0.2) is 48.2 Å². The van der Waals surface area contributed by atoms with Crippen LogP contribution in [0.2, 0.25) is 0 Å². The number of nitrogens with zero attached hydrogens (tertiary/aromatic N) is 2. The van der Waals surface area contributed by atoms with Crippen LogP contribution in [0.1, 0.15) is 44.2 Å². The fourth-order valence-electron chi connectivity index (χ4n) is 4.31. The molecule has 4 rings (SSSR count). The zero-order valence-corrected chi connectivity index (χ0v) is 17.0. The summed E-state index contributed by atoms with van der Waals surface area (Å²) in [5, 5.41) is 0. The molecule has 29 heavy (non-hydrogen) atoms. The maximum Gasteiger partial charge on any atom is 0.410 e. The van der Waals surface area contributed by atoms with Gasteiger partial charge in [-0.2, -0.15) is 0 Å². The molecule has 0 aliphatic carbocycles. The van der Waals surface area contributed by atoms with E-state index < -0.39 is 0 Å². The molecule has 2 atom stereocenters. The smallest absolute Gasteiger partial charge is 0.410 e. The van der Waals surface area contributed by atoms with Crippen molar-refractivity contribution in [2.24, 2.45) is 0 Å². The number of hydrogen-bond donors (Lipinski definition) is 0. The predicted octanol–water partition coefficient (Wildman–Crippen LogP) is 5.25. The van der Waals surface area contributed by atoms with Crippen molar-refractivity contribution in [1.29, 1.82) is 0 Å². The highest BCUT2D eigenvalue weighted by Gasteiger charge is 2.31. The van der Waals surface area contributed by atoms with Crippen LogP contribution in [0.4, 0.5) is 9.18 Å². The lowest BCUT2D eigenvalue weighted by atomic mass is 10.00. The van der Waals surface area contributed by atoms with E-state index in [0.717, 1.165) is 42.6 Å². The van der Waals surface area contributed by atoms with Crippen molar-refractivity contribution in [3.63, 3.8) is 0 Å². The number of halogens is 1. The zero-order valence-electron chi connectivity index (χ0n) is 17.0. The Bertz CT molecular complexity index is 816. The molecule has 2 aliphatic rings. The topological polar surface area (TPSA) is 32.8 Å². The number of hydrogen-bond acceptors (Lipinski definition) is 3. The van der Waals surface area contributed by atoms with Gasteiger partial charge in [0.2, 0.25) is 0 Å². The molecule has 2 fully saturated rings. The first-order valence-electron chi connectivity index (χ1n) is 10.7. The molecule has 0 saturated carbocycles. The first-order chi connectivity index (χ1) is 14.1. The third-order valence-corrected chi connectivity index (χ3v) is 6.20. The van der Waals surface area contributed by atoms with Crippen LogP contribution in [-0.2, 0) is 4.74 Å². The van der Waals surface area contributed by atoms with Crippen molar-refractivity contribution >= 4 is 6.09 Å². The second-order valence-electron chi connectivity index (χ2n) is 8.13. The molecule has 0 spiro atoms. The summed E-state index contributed by atoms with van der Waals surface area (Å²) in [5.41, 5.74) is 3.08. The summed E-state index contributed by atoms with van der Waals surface area (Å²) in [6.07, 6.45) is 4.22. The first-order valence-corrected chi connectivity index (χ1v) is 10.7. The summed E-state index contributed by atoms with van der Waals surface area (Å²) < 4.78 is 18.8. The van der Waals surface area contributed by atoms with E-state index in [0.29, 0.717) is 0 Å². The van der Waals surface area contributed by atoms with E-state index >= 15 is 0 Å². The van der Waals surface area contributed by atoms with Gasteiger partial charge in [0, 0.05) is 19.5 Å². The van der Waals surface area contributed by atoms with Gasteiger partial charge in [-0.15, -0.1) is 0 Å². The second-order valence-corrected chi connectivity index (χ2v) is 8.13. The molecule has 2 aromatic rings. The summed E-state index contributed by atoms with van der Waals surface area (Å²) in [5.74, 6) is -0.235. The van der Waals surface area contributed by atoms with E-state index in [9.17, 15) is 9.18 Å². The van der Waals surface area contributed by atoms with Crippen molar-refractivity contribution in [2.45, 2.75) is 44.8 Å². The van der Waals surface area contributed by atoms with Gasteiger partial charge >= 0.3 is 6.09 Å². The Morgan fingerprint density at radius 3 is 2.24 bits per heavy atom. The number of benzene rings is 2. The standard InChI is InChI=1S/C24H29FN2O2/c1-18(19-4-6-20(7-5-19)21-8-10-22(25)11-9-21)27-17-13-23(29-24(27)28)12-16-26-14-2-3-15-26/h4-11,18,23H,2-3,12-17H2,1H3. The molecule has 154 valence electrons. The van der Waals surface area contributed by atoms with Crippen LogP contribution in [0, 0.1) is 5.82 Å². The molecule has 2 aliphatic heterocycles. The van der Waals surface area contributed by atoms with Crippen molar-refractivity contribution in [2.75, 3.05) is 26.2 Å². The summed E-state index contributed by atoms with van der Waals surface area (Å²) in [4.78, 5) is 16.9. The number of carbonyl (C=O) groups excluding carboxylic acids is 1. The number of carbonyl (C=O) groups is 1. The van der Waals surface area contributed by atoms with Crippen LogP contribution in [0.5, 0.6) is 0 Å². The lowest BCUT2D eigenvalue weighted by Crippen LogP contribution is -2.44. The number of likely N-dealkylation sites (tertiary alicyclic amines) is 1. The normalized spacial score (nSPS) is 21.2. The van der Waals surface area contributed by atoms with Gasteiger partial charge in [0.15, 0.2) is 0 Å². The average molecular weight is 397 g/mol. The summed E-state index contributed by atoms with van der Waals surface area (Å²) >= 11 is 0. The number of cyclic esters (lactones) is 1. The summed E-state index contributed by atoms with van der Waals surface area (Å²) in [7, 11) is 0. The van der Waals surface area contributed by atoms with Gasteiger partial charge in [-0.25, -0.2) is 9.18 Å². The monoisotopic (exact) mass is 396 g/mol. The van der Waals surface area contributed by atoms with Crippen LogP contribution in [0.3, 0.4) is 0 Å². The fourth-order valence-corrected chi connectivity index (χ4v) is 4.31. The zero-order chi connectivity index (χ0) is 20.2. The molecule has 1 amide bonds. The van der Waals surface area contributed by atoms with Crippen molar-refractivity contribution in [1.82, 2.24) is 9.80 Å². The van der Waals surface area contributed by atoms with Gasteiger partial charge < -0.3 is 14.5 Å². The molecule has 0 aromatic heterocycles. The molecule has 2 unspecified atom stereocenters. The lowest BCUT2D eigenvalue weighted by Gasteiger charge is -2.36. The Morgan fingerprint density at radius 2 is 1.62 bits per heavy atom. The van der Waals surface area contributed by atoms with Crippen molar-refractivity contribution < 1.29 is 13.9 Å². The van der Waals surface area contributed by atoms with Gasteiger partial charge in [-0.05, 0) is 68.1 Å². The van der Waals surface area contributed by atoms with E-state index in [4.69, 9.17) is 4.74 Å². The molecule has 2 heterocycles. The Morgan fingerprint density at radius 1 is 1.00 bits per heavy atom. The number of amides is 1. The minimum Gasteiger partial charge on any atom is -0.446 e. The minimum atomic E-state index is -0.235. The van der Waals surface area contributed by atoms with Crippen molar-refractivity contribution in [3.8, 4) is 11.1 Å². The molecule has 0 N–H and O–H groups in total. The number of rotatable bonds is 6. The molecular formula is C24H29FN2O2. The van der Waals surface area contributed by atoms with E-state index in [1.807, 2.05) is 36.1 Å². The Balaban J connectivity index is 1.33. The van der Waals surface area contributed by atoms with E-state index in [-0.39, 0.29) is 24.1 Å². The average Bonchev–Trinajstić information content (AvgIpc) is 3.26. The minimum absolute atomic E-state index is 0.0346. The predicted molar refractivity (Wildman–Crippen MR) is 112 cm³/mol. The van der Waals surface area contributed by atoms with Gasteiger partial charge in [-0.1, -0.05) is 36.4 Å². The van der Waals surface area contributed by atoms with Crippen LogP contribution in [0.15, 0.2) is 48.5 Å². The Kier molecular flexibility index (Phi) is 6.14.